The molecule has 0 saturated heterocycles. The molecule has 0 aliphatic heterocycles. The molecular formula is C20H17ClN2O6. The van der Waals surface area contributed by atoms with Crippen molar-refractivity contribution in [2.75, 3.05) is 20.3 Å². The van der Waals surface area contributed by atoms with E-state index < -0.39 is 10.9 Å². The molecule has 0 fully saturated rings. The molecule has 0 aromatic heterocycles. The van der Waals surface area contributed by atoms with Gasteiger partial charge in [0.05, 0.1) is 35.3 Å². The van der Waals surface area contributed by atoms with Gasteiger partial charge in [-0.05, 0) is 48.4 Å². The Kier molecular flexibility index (Phi) is 7.57. The van der Waals surface area contributed by atoms with E-state index in [1.165, 1.54) is 31.4 Å². The van der Waals surface area contributed by atoms with Gasteiger partial charge >= 0.3 is 5.97 Å². The Labute approximate surface area is 172 Å². The summed E-state index contributed by atoms with van der Waals surface area (Å²) in [6.07, 6.45) is 1.56. The number of halogens is 1. The summed E-state index contributed by atoms with van der Waals surface area (Å²) in [4.78, 5) is 21.7. The smallest absolute Gasteiger partial charge is 0.344 e. The largest absolute Gasteiger partial charge is 0.493 e. The van der Waals surface area contributed by atoms with Crippen molar-refractivity contribution < 1.29 is 23.9 Å². The van der Waals surface area contributed by atoms with Crippen molar-refractivity contribution in [3.63, 3.8) is 0 Å². The number of carbonyl (C=O) groups excluding carboxylic acids is 1. The number of benzene rings is 2. The summed E-state index contributed by atoms with van der Waals surface area (Å²) >= 11 is 6.26. The maximum absolute atomic E-state index is 11.5. The number of nitro benzene ring substituents is 1. The van der Waals surface area contributed by atoms with Gasteiger partial charge < -0.3 is 14.2 Å². The van der Waals surface area contributed by atoms with Crippen LogP contribution in [0.4, 0.5) is 5.69 Å². The van der Waals surface area contributed by atoms with E-state index in [9.17, 15) is 20.2 Å². The SMILES string of the molecule is CCOC(=O)COc1c(Cl)cc(/C=C(/C#N)c2ccc([N+](=O)[O-])cc2)cc1OC. The van der Waals surface area contributed by atoms with Gasteiger partial charge in [-0.2, -0.15) is 5.26 Å². The van der Waals surface area contributed by atoms with Gasteiger partial charge in [0.2, 0.25) is 0 Å². The van der Waals surface area contributed by atoms with Gasteiger partial charge in [0.15, 0.2) is 18.1 Å². The van der Waals surface area contributed by atoms with E-state index in [0.29, 0.717) is 11.1 Å². The Balaban J connectivity index is 2.33. The number of nitro groups is 1. The van der Waals surface area contributed by atoms with Crippen LogP contribution in [0, 0.1) is 21.4 Å². The Morgan fingerprint density at radius 3 is 2.55 bits per heavy atom. The quantitative estimate of drug-likeness (QED) is 0.208. The normalized spacial score (nSPS) is 10.8. The molecule has 2 aromatic carbocycles. The first-order valence-electron chi connectivity index (χ1n) is 8.42. The number of methoxy groups -OCH3 is 1. The third kappa shape index (κ3) is 5.70. The van der Waals surface area contributed by atoms with Crippen molar-refractivity contribution in [1.29, 1.82) is 5.26 Å². The third-order valence-electron chi connectivity index (χ3n) is 3.71. The first-order chi connectivity index (χ1) is 13.9. The first-order valence-corrected chi connectivity index (χ1v) is 8.80. The molecule has 0 N–H and O–H groups in total. The van der Waals surface area contributed by atoms with Crippen molar-refractivity contribution in [3.05, 3.63) is 62.7 Å². The van der Waals surface area contributed by atoms with E-state index in [1.807, 2.05) is 0 Å². The number of hydrogen-bond acceptors (Lipinski definition) is 7. The maximum atomic E-state index is 11.5. The van der Waals surface area contributed by atoms with Gasteiger partial charge in [0, 0.05) is 12.1 Å². The lowest BCUT2D eigenvalue weighted by atomic mass is 10.0. The number of carbonyl (C=O) groups is 1. The van der Waals surface area contributed by atoms with E-state index in [4.69, 9.17) is 25.8 Å². The van der Waals surface area contributed by atoms with E-state index in [0.717, 1.165) is 0 Å². The first kappa shape index (κ1) is 21.7. The van der Waals surface area contributed by atoms with Crippen molar-refractivity contribution >= 4 is 34.9 Å². The maximum Gasteiger partial charge on any atom is 0.344 e. The molecule has 8 nitrogen and oxygen atoms in total. The van der Waals surface area contributed by atoms with Gasteiger partial charge in [0.25, 0.3) is 5.69 Å². The zero-order valence-electron chi connectivity index (χ0n) is 15.7. The Hall–Kier alpha value is -3.57. The highest BCUT2D eigenvalue weighted by molar-refractivity contribution is 6.32. The van der Waals surface area contributed by atoms with E-state index in [2.05, 4.69) is 6.07 Å². The molecule has 0 aliphatic rings. The van der Waals surface area contributed by atoms with Crippen LogP contribution in [-0.2, 0) is 9.53 Å². The minimum absolute atomic E-state index is 0.0705. The van der Waals surface area contributed by atoms with Gasteiger partial charge in [-0.3, -0.25) is 10.1 Å². The molecule has 0 atom stereocenters. The van der Waals surface area contributed by atoms with Crippen LogP contribution >= 0.6 is 11.6 Å². The number of nitrogens with zero attached hydrogens (tertiary/aromatic N) is 2. The molecule has 9 heteroatoms. The molecule has 0 saturated carbocycles. The summed E-state index contributed by atoms with van der Waals surface area (Å²) in [6.45, 7) is 1.59. The number of ether oxygens (including phenoxy) is 3. The van der Waals surface area contributed by atoms with E-state index in [-0.39, 0.29) is 41.0 Å². The molecule has 150 valence electrons. The topological polar surface area (TPSA) is 112 Å². The number of nitriles is 1. The number of hydrogen-bond donors (Lipinski definition) is 0. The summed E-state index contributed by atoms with van der Waals surface area (Å²) in [7, 11) is 1.41. The number of esters is 1. The molecule has 0 radical (unpaired) electrons. The molecule has 0 unspecified atom stereocenters. The second kappa shape index (κ2) is 10.1. The predicted octanol–water partition coefficient (Wildman–Crippen LogP) is 4.26. The lowest BCUT2D eigenvalue weighted by Gasteiger charge is -2.13. The summed E-state index contributed by atoms with van der Waals surface area (Å²) in [5.74, 6) is -0.0956. The van der Waals surface area contributed by atoms with Crippen molar-refractivity contribution in [2.45, 2.75) is 6.92 Å². The fraction of sp³-hybridized carbons (Fsp3) is 0.200. The summed E-state index contributed by atoms with van der Waals surface area (Å²) in [5, 5.41) is 20.4. The van der Waals surface area contributed by atoms with Gasteiger partial charge in [0.1, 0.15) is 0 Å². The summed E-state index contributed by atoms with van der Waals surface area (Å²) < 4.78 is 15.5. The predicted molar refractivity (Wildman–Crippen MR) is 107 cm³/mol. The highest BCUT2D eigenvalue weighted by atomic mass is 35.5. The molecule has 0 amide bonds. The standard InChI is InChI=1S/C20H17ClN2O6/c1-3-28-19(24)12-29-20-17(21)9-13(10-18(20)27-2)8-15(11-22)14-4-6-16(7-5-14)23(25)26/h4-10H,3,12H2,1-2H3/b15-8-. The fourth-order valence-electron chi connectivity index (χ4n) is 2.41. The fourth-order valence-corrected chi connectivity index (χ4v) is 2.68. The number of allylic oxidation sites excluding steroid dienone is 1. The Morgan fingerprint density at radius 1 is 1.31 bits per heavy atom. The van der Waals surface area contributed by atoms with Gasteiger partial charge in [-0.1, -0.05) is 11.6 Å². The lowest BCUT2D eigenvalue weighted by Crippen LogP contribution is -2.15. The average Bonchev–Trinajstić information content (AvgIpc) is 2.71. The molecule has 29 heavy (non-hydrogen) atoms. The molecule has 0 spiro atoms. The minimum Gasteiger partial charge on any atom is -0.493 e. The van der Waals surface area contributed by atoms with Crippen LogP contribution in [0.2, 0.25) is 5.02 Å². The summed E-state index contributed by atoms with van der Waals surface area (Å²) in [6, 6.07) is 10.8. The van der Waals surface area contributed by atoms with Crippen LogP contribution in [0.15, 0.2) is 36.4 Å². The van der Waals surface area contributed by atoms with E-state index >= 15 is 0 Å². The molecule has 0 aliphatic carbocycles. The number of non-ortho nitro benzene ring substituents is 1. The van der Waals surface area contributed by atoms with E-state index in [1.54, 1.807) is 25.1 Å². The molecule has 2 rings (SSSR count). The lowest BCUT2D eigenvalue weighted by molar-refractivity contribution is -0.384. The molecular weight excluding hydrogens is 400 g/mol. The van der Waals surface area contributed by atoms with Crippen molar-refractivity contribution in [3.8, 4) is 17.6 Å². The average molecular weight is 417 g/mol. The van der Waals surface area contributed by atoms with Crippen LogP contribution in [-0.4, -0.2) is 31.2 Å². The Morgan fingerprint density at radius 2 is 2.00 bits per heavy atom. The number of rotatable bonds is 8. The van der Waals surface area contributed by atoms with Crippen LogP contribution in [0.3, 0.4) is 0 Å². The Bertz CT molecular complexity index is 980. The van der Waals surface area contributed by atoms with Crippen LogP contribution in [0.25, 0.3) is 11.6 Å². The zero-order valence-corrected chi connectivity index (χ0v) is 16.4. The second-order valence-electron chi connectivity index (χ2n) is 5.60. The second-order valence-corrected chi connectivity index (χ2v) is 6.01. The molecule has 2 aromatic rings. The minimum atomic E-state index is -0.542. The van der Waals surface area contributed by atoms with Crippen molar-refractivity contribution in [2.24, 2.45) is 0 Å². The van der Waals surface area contributed by atoms with Crippen LogP contribution in [0.1, 0.15) is 18.1 Å². The monoisotopic (exact) mass is 416 g/mol. The highest BCUT2D eigenvalue weighted by Gasteiger charge is 2.15. The summed E-state index contributed by atoms with van der Waals surface area (Å²) in [5.41, 5.74) is 1.26. The molecule has 0 heterocycles. The van der Waals surface area contributed by atoms with Crippen molar-refractivity contribution in [1.82, 2.24) is 0 Å². The van der Waals surface area contributed by atoms with Gasteiger partial charge in [-0.25, -0.2) is 4.79 Å². The third-order valence-corrected chi connectivity index (χ3v) is 3.99. The van der Waals surface area contributed by atoms with Crippen LogP contribution < -0.4 is 9.47 Å². The zero-order chi connectivity index (χ0) is 21.4. The van der Waals surface area contributed by atoms with Gasteiger partial charge in [-0.15, -0.1) is 0 Å². The molecule has 0 bridgehead atoms. The van der Waals surface area contributed by atoms with Crippen LogP contribution in [0.5, 0.6) is 11.5 Å². The highest BCUT2D eigenvalue weighted by Crippen LogP contribution is 2.37.